The Hall–Kier alpha value is -0.120. The maximum atomic E-state index is 9.48. The Morgan fingerprint density at radius 3 is 2.40 bits per heavy atom. The second-order valence-corrected chi connectivity index (χ2v) is 3.48. The molecule has 0 radical (unpaired) electrons. The van der Waals surface area contributed by atoms with Gasteiger partial charge < -0.3 is 14.6 Å². The maximum Gasteiger partial charge on any atom is 0.116 e. The van der Waals surface area contributed by atoms with Crippen molar-refractivity contribution in [3.63, 3.8) is 0 Å². The van der Waals surface area contributed by atoms with E-state index in [4.69, 9.17) is 9.47 Å². The summed E-state index contributed by atoms with van der Waals surface area (Å²) in [7, 11) is 0. The summed E-state index contributed by atoms with van der Waals surface area (Å²) in [5, 5.41) is 9.48. The predicted octanol–water partition coefficient (Wildman–Crippen LogP) is -0.468. The van der Waals surface area contributed by atoms with Crippen LogP contribution in [0.2, 0.25) is 0 Å². The Morgan fingerprint density at radius 2 is 1.60 bits per heavy atom. The number of hydrogen-bond donors (Lipinski definition) is 1. The molecule has 3 nitrogen and oxygen atoms in total. The van der Waals surface area contributed by atoms with Crippen LogP contribution in [0.4, 0.5) is 0 Å². The molecule has 2 heterocycles. The summed E-state index contributed by atoms with van der Waals surface area (Å²) in [5.74, 6) is 0.272. The van der Waals surface area contributed by atoms with Crippen molar-refractivity contribution in [2.75, 3.05) is 0 Å². The Kier molecular flexibility index (Phi) is 0.770. The summed E-state index contributed by atoms with van der Waals surface area (Å²) >= 11 is 0. The molecule has 3 rings (SSSR count). The summed E-state index contributed by atoms with van der Waals surface area (Å²) < 4.78 is 10.6. The lowest BCUT2D eigenvalue weighted by atomic mass is 9.88. The van der Waals surface area contributed by atoms with Gasteiger partial charge in [-0.05, 0) is 0 Å². The topological polar surface area (TPSA) is 45.3 Å². The fraction of sp³-hybridized carbons (Fsp3) is 1.00. The van der Waals surface area contributed by atoms with Gasteiger partial charge >= 0.3 is 0 Å². The second-order valence-electron chi connectivity index (χ2n) is 3.48. The van der Waals surface area contributed by atoms with Gasteiger partial charge in [0.25, 0.3) is 0 Å². The Bertz CT molecular complexity index is 162. The highest BCUT2D eigenvalue weighted by Crippen LogP contribution is 2.50. The Labute approximate surface area is 58.9 Å². The van der Waals surface area contributed by atoms with Crippen molar-refractivity contribution in [1.82, 2.24) is 0 Å². The molecule has 2 aliphatic heterocycles. The number of rotatable bonds is 0. The summed E-state index contributed by atoms with van der Waals surface area (Å²) in [6, 6.07) is 0. The molecule has 0 bridgehead atoms. The molecule has 1 aliphatic carbocycles. The van der Waals surface area contributed by atoms with E-state index in [1.54, 1.807) is 0 Å². The van der Waals surface area contributed by atoms with Crippen LogP contribution in [0, 0.1) is 5.92 Å². The quantitative estimate of drug-likeness (QED) is 0.465. The van der Waals surface area contributed by atoms with Gasteiger partial charge in [-0.2, -0.15) is 0 Å². The number of ether oxygens (including phenoxy) is 2. The van der Waals surface area contributed by atoms with E-state index in [1.165, 1.54) is 0 Å². The molecule has 1 saturated carbocycles. The van der Waals surface area contributed by atoms with E-state index in [0.717, 1.165) is 0 Å². The number of hydrogen-bond acceptors (Lipinski definition) is 3. The average molecular weight is 142 g/mol. The third kappa shape index (κ3) is 0.480. The van der Waals surface area contributed by atoms with Crippen LogP contribution < -0.4 is 0 Å². The number of epoxide rings is 2. The van der Waals surface area contributed by atoms with Gasteiger partial charge in [0.15, 0.2) is 0 Å². The smallest absolute Gasteiger partial charge is 0.116 e. The van der Waals surface area contributed by atoms with Gasteiger partial charge in [-0.25, -0.2) is 0 Å². The van der Waals surface area contributed by atoms with Crippen molar-refractivity contribution < 1.29 is 14.6 Å². The van der Waals surface area contributed by atoms with Gasteiger partial charge in [-0.15, -0.1) is 0 Å². The minimum absolute atomic E-state index is 0.0961. The maximum absolute atomic E-state index is 9.48. The molecule has 10 heavy (non-hydrogen) atoms. The zero-order valence-corrected chi connectivity index (χ0v) is 5.73. The molecule has 0 amide bonds. The molecule has 3 heteroatoms. The van der Waals surface area contributed by atoms with Gasteiger partial charge in [0.2, 0.25) is 0 Å². The molecule has 2 saturated heterocycles. The Balaban J connectivity index is 1.89. The third-order valence-electron chi connectivity index (χ3n) is 2.84. The lowest BCUT2D eigenvalue weighted by Crippen LogP contribution is -2.35. The zero-order valence-electron chi connectivity index (χ0n) is 5.73. The number of aliphatic hydroxyl groups is 1. The summed E-state index contributed by atoms with van der Waals surface area (Å²) in [6.07, 6.45) is 0.658. The van der Waals surface area contributed by atoms with Gasteiger partial charge in [-0.3, -0.25) is 0 Å². The monoisotopic (exact) mass is 142 g/mol. The molecule has 3 fully saturated rings. The van der Waals surface area contributed by atoms with E-state index in [1.807, 2.05) is 6.92 Å². The van der Waals surface area contributed by atoms with Crippen molar-refractivity contribution in [3.8, 4) is 0 Å². The summed E-state index contributed by atoms with van der Waals surface area (Å²) in [4.78, 5) is 0. The highest BCUT2D eigenvalue weighted by molar-refractivity contribution is 5.14. The summed E-state index contributed by atoms with van der Waals surface area (Å²) in [6.45, 7) is 2.02. The highest BCUT2D eigenvalue weighted by Gasteiger charge is 2.67. The molecular weight excluding hydrogens is 132 g/mol. The number of fused-ring (bicyclic) bond motifs is 3. The standard InChI is InChI=1S/C7H10O3/c1-2-3(8)5-7(10-5)6-4(2)9-6/h2-8H,1H3. The van der Waals surface area contributed by atoms with Crippen LogP contribution in [0.5, 0.6) is 0 Å². The molecule has 0 aromatic rings. The second kappa shape index (κ2) is 1.40. The van der Waals surface area contributed by atoms with E-state index in [9.17, 15) is 5.11 Å². The molecule has 56 valence electrons. The van der Waals surface area contributed by atoms with Crippen LogP contribution >= 0.6 is 0 Å². The third-order valence-corrected chi connectivity index (χ3v) is 2.84. The van der Waals surface area contributed by atoms with Gasteiger partial charge in [0.05, 0.1) is 12.2 Å². The lowest BCUT2D eigenvalue weighted by molar-refractivity contribution is 0.0707. The van der Waals surface area contributed by atoms with Gasteiger partial charge in [0, 0.05) is 5.92 Å². The molecule has 6 unspecified atom stereocenters. The van der Waals surface area contributed by atoms with Crippen LogP contribution in [0.1, 0.15) is 6.92 Å². The van der Waals surface area contributed by atoms with E-state index in [-0.39, 0.29) is 24.2 Å². The average Bonchev–Trinajstić information content (AvgIpc) is 2.71. The van der Waals surface area contributed by atoms with E-state index in [0.29, 0.717) is 12.2 Å². The molecule has 0 aromatic carbocycles. The van der Waals surface area contributed by atoms with E-state index >= 15 is 0 Å². The first-order valence-electron chi connectivity index (χ1n) is 3.78. The van der Waals surface area contributed by atoms with Crippen molar-refractivity contribution in [3.05, 3.63) is 0 Å². The van der Waals surface area contributed by atoms with Crippen molar-refractivity contribution in [1.29, 1.82) is 0 Å². The number of aliphatic hydroxyl groups excluding tert-OH is 1. The molecule has 0 spiro atoms. The largest absolute Gasteiger partial charge is 0.390 e. The van der Waals surface area contributed by atoms with E-state index < -0.39 is 0 Å². The Morgan fingerprint density at radius 1 is 1.00 bits per heavy atom. The summed E-state index contributed by atoms with van der Waals surface area (Å²) in [5.41, 5.74) is 0. The molecule has 6 atom stereocenters. The van der Waals surface area contributed by atoms with Crippen molar-refractivity contribution in [2.45, 2.75) is 37.4 Å². The van der Waals surface area contributed by atoms with Crippen molar-refractivity contribution in [2.24, 2.45) is 5.92 Å². The van der Waals surface area contributed by atoms with E-state index in [2.05, 4.69) is 0 Å². The highest BCUT2D eigenvalue weighted by atomic mass is 16.7. The fourth-order valence-corrected chi connectivity index (χ4v) is 1.99. The lowest BCUT2D eigenvalue weighted by Gasteiger charge is -2.16. The van der Waals surface area contributed by atoms with Gasteiger partial charge in [-0.1, -0.05) is 6.92 Å². The molecule has 0 aromatic heterocycles. The first-order chi connectivity index (χ1) is 4.79. The van der Waals surface area contributed by atoms with Crippen LogP contribution in [0.25, 0.3) is 0 Å². The predicted molar refractivity (Wildman–Crippen MR) is 32.5 cm³/mol. The first-order valence-corrected chi connectivity index (χ1v) is 3.78. The zero-order chi connectivity index (χ0) is 6.88. The molecular formula is C7H10O3. The fourth-order valence-electron chi connectivity index (χ4n) is 1.99. The normalized spacial score (nSPS) is 70.2. The minimum Gasteiger partial charge on any atom is -0.390 e. The van der Waals surface area contributed by atoms with Crippen LogP contribution in [-0.4, -0.2) is 35.6 Å². The first kappa shape index (κ1) is 5.52. The van der Waals surface area contributed by atoms with Crippen LogP contribution in [0.3, 0.4) is 0 Å². The SMILES string of the molecule is CC1C(O)C2OC2C2OC12. The van der Waals surface area contributed by atoms with Crippen molar-refractivity contribution >= 4 is 0 Å². The minimum atomic E-state index is -0.284. The molecule has 3 aliphatic rings. The van der Waals surface area contributed by atoms with Crippen LogP contribution in [-0.2, 0) is 9.47 Å². The van der Waals surface area contributed by atoms with Gasteiger partial charge in [0.1, 0.15) is 18.3 Å². The van der Waals surface area contributed by atoms with Crippen LogP contribution in [0.15, 0.2) is 0 Å². The molecule has 1 N–H and O–H groups in total.